The fourth-order valence-corrected chi connectivity index (χ4v) is 5.78. The number of pyridine rings is 1. The number of nitrogens with zero attached hydrogens (tertiary/aromatic N) is 1. The second-order valence-corrected chi connectivity index (χ2v) is 11.2. The molecule has 2 amide bonds. The zero-order valence-electron chi connectivity index (χ0n) is 19.9. The smallest absolute Gasteiger partial charge is 0.338 e. The number of hydrogen-bond donors (Lipinski definition) is 3. The van der Waals surface area contributed by atoms with Crippen LogP contribution in [0.2, 0.25) is 25.1 Å². The van der Waals surface area contributed by atoms with Crippen molar-refractivity contribution in [3.8, 4) is 0 Å². The third-order valence-electron chi connectivity index (χ3n) is 5.37. The molecule has 3 aromatic carbocycles. The van der Waals surface area contributed by atoms with E-state index in [-0.39, 0.29) is 21.0 Å². The van der Waals surface area contributed by atoms with Crippen molar-refractivity contribution in [2.24, 2.45) is 0 Å². The fourth-order valence-electron chi connectivity index (χ4n) is 3.56. The lowest BCUT2D eigenvalue weighted by molar-refractivity contribution is -0.115. The molecular formula is C27H16Cl5N3O4S. The van der Waals surface area contributed by atoms with Gasteiger partial charge in [-0.05, 0) is 35.9 Å². The van der Waals surface area contributed by atoms with Gasteiger partial charge in [0.2, 0.25) is 5.91 Å². The summed E-state index contributed by atoms with van der Waals surface area (Å²) in [5, 5.41) is 13.5. The molecule has 0 fully saturated rings. The van der Waals surface area contributed by atoms with Gasteiger partial charge in [-0.25, -0.2) is 9.78 Å². The molecular weight excluding hydrogens is 640 g/mol. The number of carboxylic acids is 1. The molecule has 40 heavy (non-hydrogen) atoms. The van der Waals surface area contributed by atoms with Crippen LogP contribution in [0, 0.1) is 0 Å². The predicted octanol–water partition coefficient (Wildman–Crippen LogP) is 8.77. The van der Waals surface area contributed by atoms with Crippen molar-refractivity contribution in [3.05, 3.63) is 115 Å². The van der Waals surface area contributed by atoms with Crippen LogP contribution in [0.1, 0.15) is 31.5 Å². The summed E-state index contributed by atoms with van der Waals surface area (Å²) in [4.78, 5) is 43.1. The largest absolute Gasteiger partial charge is 0.478 e. The SMILES string of the molecule is O=C(O)c1c(Cl)c(Cl)c(Cl)c(Cl)c1C(=O)Nc1cccc(SC(C(=O)Nc2ccc(Cl)cn2)c2ccccc2)c1. The molecule has 0 spiro atoms. The Bertz CT molecular complexity index is 1600. The monoisotopic (exact) mass is 653 g/mol. The summed E-state index contributed by atoms with van der Waals surface area (Å²) < 4.78 is 0. The Morgan fingerprint density at radius 3 is 2.08 bits per heavy atom. The molecule has 0 aliphatic carbocycles. The molecule has 13 heteroatoms. The fraction of sp³-hybridized carbons (Fsp3) is 0.0370. The molecule has 7 nitrogen and oxygen atoms in total. The molecule has 1 atom stereocenters. The molecule has 0 radical (unpaired) electrons. The number of carbonyl (C=O) groups excluding carboxylic acids is 2. The van der Waals surface area contributed by atoms with E-state index in [9.17, 15) is 19.5 Å². The number of halogens is 5. The van der Waals surface area contributed by atoms with E-state index in [1.807, 2.05) is 30.3 Å². The molecule has 0 bridgehead atoms. The number of thioether (sulfide) groups is 1. The van der Waals surface area contributed by atoms with Gasteiger partial charge >= 0.3 is 5.97 Å². The number of aromatic nitrogens is 1. The first-order valence-corrected chi connectivity index (χ1v) is 14.0. The van der Waals surface area contributed by atoms with E-state index in [2.05, 4.69) is 15.6 Å². The molecule has 0 aliphatic rings. The summed E-state index contributed by atoms with van der Waals surface area (Å²) in [6.45, 7) is 0. The van der Waals surface area contributed by atoms with Crippen LogP contribution >= 0.6 is 69.8 Å². The van der Waals surface area contributed by atoms with Crippen LogP contribution in [-0.2, 0) is 4.79 Å². The van der Waals surface area contributed by atoms with Crippen LogP contribution < -0.4 is 10.6 Å². The van der Waals surface area contributed by atoms with E-state index in [0.717, 1.165) is 5.56 Å². The molecule has 0 saturated carbocycles. The molecule has 1 aromatic heterocycles. The maximum Gasteiger partial charge on any atom is 0.338 e. The van der Waals surface area contributed by atoms with Crippen LogP contribution in [0.5, 0.6) is 0 Å². The Morgan fingerprint density at radius 2 is 1.45 bits per heavy atom. The van der Waals surface area contributed by atoms with Crippen molar-refractivity contribution in [1.82, 2.24) is 4.98 Å². The van der Waals surface area contributed by atoms with Gasteiger partial charge in [-0.1, -0.05) is 94.4 Å². The standard InChI is InChI=1S/C27H16Cl5N3O4S/c28-14-9-10-17(33-12-14)35-26(37)24(13-5-2-1-3-6-13)40-16-8-4-7-15(11-16)34-25(36)18-19(27(38)39)21(30)23(32)22(31)20(18)29/h1-12,24H,(H,34,36)(H,38,39)(H,33,35,37). The lowest BCUT2D eigenvalue weighted by Gasteiger charge is -2.18. The summed E-state index contributed by atoms with van der Waals surface area (Å²) in [7, 11) is 0. The van der Waals surface area contributed by atoms with E-state index in [1.54, 1.807) is 36.4 Å². The average Bonchev–Trinajstić information content (AvgIpc) is 2.94. The number of amides is 2. The summed E-state index contributed by atoms with van der Waals surface area (Å²) in [5.74, 6) is -2.37. The first-order valence-electron chi connectivity index (χ1n) is 11.2. The van der Waals surface area contributed by atoms with Crippen molar-refractivity contribution in [2.45, 2.75) is 10.1 Å². The van der Waals surface area contributed by atoms with Crippen molar-refractivity contribution in [2.75, 3.05) is 10.6 Å². The van der Waals surface area contributed by atoms with Gasteiger partial charge in [0.25, 0.3) is 5.91 Å². The average molecular weight is 656 g/mol. The van der Waals surface area contributed by atoms with Gasteiger partial charge in [0.1, 0.15) is 11.1 Å². The van der Waals surface area contributed by atoms with Gasteiger partial charge in [0, 0.05) is 16.8 Å². The molecule has 1 heterocycles. The maximum atomic E-state index is 13.3. The minimum Gasteiger partial charge on any atom is -0.478 e. The number of anilines is 2. The summed E-state index contributed by atoms with van der Waals surface area (Å²) in [6, 6.07) is 19.0. The molecule has 3 N–H and O–H groups in total. The molecule has 0 saturated heterocycles. The van der Waals surface area contributed by atoms with Gasteiger partial charge in [-0.15, -0.1) is 11.8 Å². The minimum atomic E-state index is -1.51. The van der Waals surface area contributed by atoms with Gasteiger partial charge in [-0.3, -0.25) is 9.59 Å². The van der Waals surface area contributed by atoms with Crippen LogP contribution in [-0.4, -0.2) is 27.9 Å². The van der Waals surface area contributed by atoms with Gasteiger partial charge in [0.05, 0.1) is 36.2 Å². The van der Waals surface area contributed by atoms with Crippen LogP contribution in [0.25, 0.3) is 0 Å². The zero-order chi connectivity index (χ0) is 29.0. The van der Waals surface area contributed by atoms with Crippen molar-refractivity contribution in [3.63, 3.8) is 0 Å². The molecule has 4 rings (SSSR count). The second-order valence-electron chi connectivity index (χ2n) is 8.05. The number of carboxylic acid groups (broad SMARTS) is 1. The highest BCUT2D eigenvalue weighted by molar-refractivity contribution is 8.00. The van der Waals surface area contributed by atoms with E-state index in [0.29, 0.717) is 21.4 Å². The Balaban J connectivity index is 1.61. The van der Waals surface area contributed by atoms with Crippen molar-refractivity contribution >= 4 is 99.1 Å². The maximum absolute atomic E-state index is 13.3. The number of hydrogen-bond acceptors (Lipinski definition) is 5. The highest BCUT2D eigenvalue weighted by Gasteiger charge is 2.29. The highest BCUT2D eigenvalue weighted by Crippen LogP contribution is 2.42. The van der Waals surface area contributed by atoms with Gasteiger partial charge < -0.3 is 15.7 Å². The van der Waals surface area contributed by atoms with E-state index in [4.69, 9.17) is 58.0 Å². The third kappa shape index (κ3) is 6.83. The Hall–Kier alpha value is -2.98. The second kappa shape index (κ2) is 13.1. The lowest BCUT2D eigenvalue weighted by atomic mass is 10.1. The van der Waals surface area contributed by atoms with Gasteiger partial charge in [0.15, 0.2) is 0 Å². The quantitative estimate of drug-likeness (QED) is 0.0995. The number of benzene rings is 3. The van der Waals surface area contributed by atoms with Crippen LogP contribution in [0.3, 0.4) is 0 Å². The summed E-state index contributed by atoms with van der Waals surface area (Å²) in [5.41, 5.74) is 0.0114. The lowest BCUT2D eigenvalue weighted by Crippen LogP contribution is -2.20. The van der Waals surface area contributed by atoms with Crippen LogP contribution in [0.15, 0.2) is 77.8 Å². The van der Waals surface area contributed by atoms with Crippen molar-refractivity contribution in [1.29, 1.82) is 0 Å². The minimum absolute atomic E-state index is 0.250. The van der Waals surface area contributed by atoms with E-state index < -0.39 is 33.3 Å². The van der Waals surface area contributed by atoms with E-state index >= 15 is 0 Å². The number of carbonyl (C=O) groups is 3. The number of aromatic carboxylic acids is 1. The Morgan fingerprint density at radius 1 is 0.775 bits per heavy atom. The molecule has 0 aliphatic heterocycles. The summed E-state index contributed by atoms with van der Waals surface area (Å²) >= 11 is 31.4. The Kier molecular flexibility index (Phi) is 9.84. The number of nitrogens with one attached hydrogen (secondary N) is 2. The Labute approximate surface area is 257 Å². The predicted molar refractivity (Wildman–Crippen MR) is 161 cm³/mol. The molecule has 204 valence electrons. The zero-order valence-corrected chi connectivity index (χ0v) is 24.5. The van der Waals surface area contributed by atoms with Crippen molar-refractivity contribution < 1.29 is 19.5 Å². The van der Waals surface area contributed by atoms with Crippen LogP contribution in [0.4, 0.5) is 11.5 Å². The molecule has 1 unspecified atom stereocenters. The number of rotatable bonds is 8. The first kappa shape index (κ1) is 30.0. The normalized spacial score (nSPS) is 11.5. The highest BCUT2D eigenvalue weighted by atomic mass is 35.5. The first-order chi connectivity index (χ1) is 19.1. The van der Waals surface area contributed by atoms with Gasteiger partial charge in [-0.2, -0.15) is 0 Å². The van der Waals surface area contributed by atoms with E-state index in [1.165, 1.54) is 18.0 Å². The summed E-state index contributed by atoms with van der Waals surface area (Å²) in [6.07, 6.45) is 1.43. The topological polar surface area (TPSA) is 108 Å². The third-order valence-corrected chi connectivity index (χ3v) is 8.65. The molecule has 4 aromatic rings.